The second-order valence-electron chi connectivity index (χ2n) is 4.76. The Bertz CT molecular complexity index is 610. The first-order valence-electron chi connectivity index (χ1n) is 6.77. The van der Waals surface area contributed by atoms with Gasteiger partial charge in [-0.15, -0.1) is 11.8 Å². The highest BCUT2D eigenvalue weighted by molar-refractivity contribution is 8.00. The van der Waals surface area contributed by atoms with Crippen molar-refractivity contribution < 1.29 is 9.53 Å². The van der Waals surface area contributed by atoms with Crippen LogP contribution in [0, 0.1) is 6.92 Å². The van der Waals surface area contributed by atoms with E-state index >= 15 is 0 Å². The number of aryl methyl sites for hydroxylation is 1. The molecule has 0 spiro atoms. The molecule has 1 N–H and O–H groups in total. The van der Waals surface area contributed by atoms with Crippen LogP contribution in [0.4, 0.5) is 5.69 Å². The average Bonchev–Trinajstić information content (AvgIpc) is 2.50. The highest BCUT2D eigenvalue weighted by Gasteiger charge is 2.16. The van der Waals surface area contributed by atoms with Crippen molar-refractivity contribution in [1.29, 1.82) is 0 Å². The summed E-state index contributed by atoms with van der Waals surface area (Å²) in [5, 5.41) is 2.73. The molecule has 2 aromatic rings. The van der Waals surface area contributed by atoms with Gasteiger partial charge in [0.1, 0.15) is 5.75 Å². The van der Waals surface area contributed by atoms with E-state index in [0.717, 1.165) is 4.90 Å². The highest BCUT2D eigenvalue weighted by atomic mass is 32.2. The lowest BCUT2D eigenvalue weighted by atomic mass is 10.2. The molecule has 21 heavy (non-hydrogen) atoms. The van der Waals surface area contributed by atoms with Crippen LogP contribution in [0.15, 0.2) is 53.4 Å². The van der Waals surface area contributed by atoms with E-state index in [-0.39, 0.29) is 11.2 Å². The van der Waals surface area contributed by atoms with Gasteiger partial charge in [0.15, 0.2) is 0 Å². The normalized spacial score (nSPS) is 11.8. The standard InChI is InChI=1S/C17H19NO2S/c1-12-8-10-14(11-9-12)21-13(2)17(19)18-15-6-4-5-7-16(15)20-3/h4-11,13H,1-3H3,(H,18,19)/t13-/m0/s1. The number of methoxy groups -OCH3 is 1. The van der Waals surface area contributed by atoms with Gasteiger partial charge in [-0.2, -0.15) is 0 Å². The van der Waals surface area contributed by atoms with E-state index in [9.17, 15) is 4.79 Å². The number of thioether (sulfide) groups is 1. The number of hydrogen-bond donors (Lipinski definition) is 1. The Kier molecular flexibility index (Phi) is 5.28. The van der Waals surface area contributed by atoms with Crippen molar-refractivity contribution >= 4 is 23.4 Å². The fraction of sp³-hybridized carbons (Fsp3) is 0.235. The van der Waals surface area contributed by atoms with E-state index in [0.29, 0.717) is 11.4 Å². The Labute approximate surface area is 129 Å². The molecular formula is C17H19NO2S. The number of benzene rings is 2. The lowest BCUT2D eigenvalue weighted by molar-refractivity contribution is -0.115. The average molecular weight is 301 g/mol. The van der Waals surface area contributed by atoms with Gasteiger partial charge in [0, 0.05) is 4.90 Å². The fourth-order valence-electron chi connectivity index (χ4n) is 1.86. The monoisotopic (exact) mass is 301 g/mol. The van der Waals surface area contributed by atoms with Gasteiger partial charge in [-0.05, 0) is 38.1 Å². The first-order valence-corrected chi connectivity index (χ1v) is 7.65. The topological polar surface area (TPSA) is 38.3 Å². The molecule has 4 heteroatoms. The van der Waals surface area contributed by atoms with Gasteiger partial charge in [-0.25, -0.2) is 0 Å². The van der Waals surface area contributed by atoms with E-state index in [1.165, 1.54) is 5.56 Å². The molecule has 0 aliphatic heterocycles. The number of nitrogens with one attached hydrogen (secondary N) is 1. The van der Waals surface area contributed by atoms with Gasteiger partial charge < -0.3 is 10.1 Å². The van der Waals surface area contributed by atoms with E-state index < -0.39 is 0 Å². The van der Waals surface area contributed by atoms with Crippen LogP contribution >= 0.6 is 11.8 Å². The zero-order valence-electron chi connectivity index (χ0n) is 12.4. The molecule has 1 atom stereocenters. The summed E-state index contributed by atoms with van der Waals surface area (Å²) < 4.78 is 5.24. The van der Waals surface area contributed by atoms with Crippen LogP contribution < -0.4 is 10.1 Å². The maximum atomic E-state index is 12.3. The van der Waals surface area contributed by atoms with Crippen LogP contribution in [0.2, 0.25) is 0 Å². The molecule has 3 nitrogen and oxygen atoms in total. The maximum Gasteiger partial charge on any atom is 0.237 e. The molecule has 0 saturated heterocycles. The third kappa shape index (κ3) is 4.26. The van der Waals surface area contributed by atoms with Crippen molar-refractivity contribution in [2.24, 2.45) is 0 Å². The zero-order chi connectivity index (χ0) is 15.2. The van der Waals surface area contributed by atoms with Crippen LogP contribution in [-0.4, -0.2) is 18.3 Å². The Hall–Kier alpha value is -1.94. The van der Waals surface area contributed by atoms with Crippen molar-refractivity contribution in [3.8, 4) is 5.75 Å². The van der Waals surface area contributed by atoms with Crippen molar-refractivity contribution in [3.05, 3.63) is 54.1 Å². The first-order chi connectivity index (χ1) is 10.1. The fourth-order valence-corrected chi connectivity index (χ4v) is 2.72. The van der Waals surface area contributed by atoms with Gasteiger partial charge in [-0.1, -0.05) is 29.8 Å². The Morgan fingerprint density at radius 3 is 2.48 bits per heavy atom. The van der Waals surface area contributed by atoms with Gasteiger partial charge in [-0.3, -0.25) is 4.79 Å². The number of amides is 1. The number of ether oxygens (including phenoxy) is 1. The first kappa shape index (κ1) is 15.4. The Balaban J connectivity index is 2.01. The molecule has 0 fully saturated rings. The summed E-state index contributed by atoms with van der Waals surface area (Å²) in [7, 11) is 1.59. The van der Waals surface area contributed by atoms with Crippen molar-refractivity contribution in [1.82, 2.24) is 0 Å². The summed E-state index contributed by atoms with van der Waals surface area (Å²) in [5.74, 6) is 0.628. The third-order valence-corrected chi connectivity index (χ3v) is 4.18. The SMILES string of the molecule is COc1ccccc1NC(=O)[C@H](C)Sc1ccc(C)cc1. The van der Waals surface area contributed by atoms with Gasteiger partial charge in [0.25, 0.3) is 0 Å². The third-order valence-electron chi connectivity index (χ3n) is 3.07. The molecule has 0 bridgehead atoms. The molecule has 0 saturated carbocycles. The summed E-state index contributed by atoms with van der Waals surface area (Å²) >= 11 is 1.54. The predicted molar refractivity (Wildman–Crippen MR) is 88.1 cm³/mol. The lowest BCUT2D eigenvalue weighted by Gasteiger charge is -2.14. The Morgan fingerprint density at radius 2 is 1.81 bits per heavy atom. The van der Waals surface area contributed by atoms with Gasteiger partial charge in [0.2, 0.25) is 5.91 Å². The summed E-state index contributed by atoms with van der Waals surface area (Å²) in [6.45, 7) is 3.95. The molecule has 2 rings (SSSR count). The van der Waals surface area contributed by atoms with Gasteiger partial charge >= 0.3 is 0 Å². The lowest BCUT2D eigenvalue weighted by Crippen LogP contribution is -2.22. The number of para-hydroxylation sites is 2. The minimum atomic E-state index is -0.183. The largest absolute Gasteiger partial charge is 0.495 e. The quantitative estimate of drug-likeness (QED) is 0.844. The van der Waals surface area contributed by atoms with Crippen LogP contribution in [0.1, 0.15) is 12.5 Å². The van der Waals surface area contributed by atoms with Crippen molar-refractivity contribution in [2.45, 2.75) is 24.0 Å². The molecule has 110 valence electrons. The predicted octanol–water partition coefficient (Wildman–Crippen LogP) is 4.12. The molecule has 0 aliphatic carbocycles. The smallest absolute Gasteiger partial charge is 0.237 e. The molecule has 1 amide bonds. The van der Waals surface area contributed by atoms with Crippen LogP contribution in [0.25, 0.3) is 0 Å². The summed E-state index contributed by atoms with van der Waals surface area (Å²) in [5.41, 5.74) is 1.91. The molecular weight excluding hydrogens is 282 g/mol. The molecule has 0 unspecified atom stereocenters. The maximum absolute atomic E-state index is 12.3. The molecule has 2 aromatic carbocycles. The zero-order valence-corrected chi connectivity index (χ0v) is 13.2. The number of carbonyl (C=O) groups excluding carboxylic acids is 1. The van der Waals surface area contributed by atoms with Crippen LogP contribution in [0.5, 0.6) is 5.75 Å². The summed E-state index contributed by atoms with van der Waals surface area (Å²) in [6.07, 6.45) is 0. The molecule has 0 aromatic heterocycles. The molecule has 0 aliphatic rings. The number of anilines is 1. The molecule has 0 heterocycles. The van der Waals surface area contributed by atoms with Crippen molar-refractivity contribution in [3.63, 3.8) is 0 Å². The highest BCUT2D eigenvalue weighted by Crippen LogP contribution is 2.27. The second kappa shape index (κ2) is 7.18. The van der Waals surface area contributed by atoms with E-state index in [1.807, 2.05) is 62.4 Å². The van der Waals surface area contributed by atoms with Gasteiger partial charge in [0.05, 0.1) is 18.0 Å². The van der Waals surface area contributed by atoms with E-state index in [1.54, 1.807) is 18.9 Å². The Morgan fingerprint density at radius 1 is 1.14 bits per heavy atom. The minimum Gasteiger partial charge on any atom is -0.495 e. The van der Waals surface area contributed by atoms with Crippen LogP contribution in [-0.2, 0) is 4.79 Å². The second-order valence-corrected chi connectivity index (χ2v) is 6.18. The van der Waals surface area contributed by atoms with E-state index in [2.05, 4.69) is 5.32 Å². The number of carbonyl (C=O) groups is 1. The minimum absolute atomic E-state index is 0.0370. The summed E-state index contributed by atoms with van der Waals surface area (Å²) in [6, 6.07) is 15.6. The number of hydrogen-bond acceptors (Lipinski definition) is 3. The van der Waals surface area contributed by atoms with Crippen LogP contribution in [0.3, 0.4) is 0 Å². The summed E-state index contributed by atoms with van der Waals surface area (Å²) in [4.78, 5) is 13.4. The van der Waals surface area contributed by atoms with Crippen molar-refractivity contribution in [2.75, 3.05) is 12.4 Å². The van der Waals surface area contributed by atoms with E-state index in [4.69, 9.17) is 4.74 Å². The molecule has 0 radical (unpaired) electrons. The number of rotatable bonds is 5.